The molecule has 0 unspecified atom stereocenters. The first-order chi connectivity index (χ1) is 12.5. The zero-order valence-electron chi connectivity index (χ0n) is 17.1. The van der Waals surface area contributed by atoms with E-state index in [2.05, 4.69) is 116 Å². The zero-order chi connectivity index (χ0) is 19.7. The van der Waals surface area contributed by atoms with Crippen molar-refractivity contribution in [3.63, 3.8) is 0 Å². The molecule has 0 radical (unpaired) electrons. The maximum absolute atomic E-state index is 4.51. The molecule has 28 heavy (non-hydrogen) atoms. The van der Waals surface area contributed by atoms with Gasteiger partial charge in [0.1, 0.15) is 0 Å². The summed E-state index contributed by atoms with van der Waals surface area (Å²) < 4.78 is 4.09. The second kappa shape index (κ2) is 15.4. The molecule has 0 aliphatic rings. The number of nitrogens with zero attached hydrogens (tertiary/aromatic N) is 4. The Morgan fingerprint density at radius 1 is 0.679 bits per heavy atom. The van der Waals surface area contributed by atoms with Crippen molar-refractivity contribution in [2.45, 2.75) is 40.8 Å². The van der Waals surface area contributed by atoms with Gasteiger partial charge >= 0.3 is 55.4 Å². The molecule has 1 aromatic carbocycles. The Morgan fingerprint density at radius 2 is 0.964 bits per heavy atom. The van der Waals surface area contributed by atoms with E-state index in [1.165, 1.54) is 22.5 Å². The third-order valence-corrected chi connectivity index (χ3v) is 3.89. The van der Waals surface area contributed by atoms with Gasteiger partial charge < -0.3 is 14.9 Å². The van der Waals surface area contributed by atoms with Crippen LogP contribution in [-0.4, -0.2) is 19.6 Å². The summed E-state index contributed by atoms with van der Waals surface area (Å²) in [7, 11) is 8.98. The minimum absolute atomic E-state index is 0. The summed E-state index contributed by atoms with van der Waals surface area (Å²) in [6.07, 6.45) is 0. The van der Waals surface area contributed by atoms with Crippen LogP contribution in [0.4, 0.5) is 0 Å². The average molecular weight is 608 g/mol. The summed E-state index contributed by atoms with van der Waals surface area (Å²) in [5.41, 5.74) is 7.07. The Bertz CT molecular complexity index is 732. The fourth-order valence-electron chi connectivity index (χ4n) is 2.77. The van der Waals surface area contributed by atoms with Crippen molar-refractivity contribution in [1.29, 1.82) is 0 Å². The second-order valence-electron chi connectivity index (χ2n) is 5.99. The van der Waals surface area contributed by atoms with Crippen LogP contribution in [0.5, 0.6) is 0 Å². The van der Waals surface area contributed by atoms with Crippen LogP contribution in [0.25, 0.3) is 0 Å². The summed E-state index contributed by atoms with van der Waals surface area (Å²) in [4.78, 5) is 0. The Kier molecular flexibility index (Phi) is 16.4. The van der Waals surface area contributed by atoms with Gasteiger partial charge in [-0.2, -0.15) is 10.2 Å². The predicted molar refractivity (Wildman–Crippen MR) is 113 cm³/mol. The van der Waals surface area contributed by atoms with Crippen molar-refractivity contribution in [3.8, 4) is 0 Å². The number of aryl methyl sites for hydroxylation is 4. The Morgan fingerprint density at radius 3 is 1.18 bits per heavy atom. The number of benzene rings is 1. The summed E-state index contributed by atoms with van der Waals surface area (Å²) in [5.74, 6) is 0. The number of rotatable bonds is 4. The molecule has 0 amide bonds. The molecule has 0 aliphatic heterocycles. The summed E-state index contributed by atoms with van der Waals surface area (Å²) in [6.45, 7) is 9.89. The van der Waals surface area contributed by atoms with E-state index in [0.29, 0.717) is 0 Å². The number of aromatic nitrogens is 4. The van der Waals surface area contributed by atoms with E-state index < -0.39 is 0 Å². The van der Waals surface area contributed by atoms with Crippen molar-refractivity contribution >= 4 is 19.1 Å². The molecule has 2 aromatic heterocycles. The zero-order valence-corrected chi connectivity index (χ0v) is 21.7. The third-order valence-electron chi connectivity index (χ3n) is 3.89. The van der Waals surface area contributed by atoms with Gasteiger partial charge in [0.2, 0.25) is 0 Å². The van der Waals surface area contributed by atoms with E-state index in [1.807, 2.05) is 23.2 Å². The van der Waals surface area contributed by atoms with E-state index in [-0.39, 0.29) is 14.9 Å². The number of halogens is 2. The van der Waals surface area contributed by atoms with E-state index in [4.69, 9.17) is 0 Å². The molecule has 0 atom stereocenters. The monoisotopic (exact) mass is 606 g/mol. The van der Waals surface area contributed by atoms with Gasteiger partial charge in [-0.05, 0) is 51.0 Å². The minimum atomic E-state index is 0. The van der Waals surface area contributed by atoms with E-state index in [1.54, 1.807) is 0 Å². The molecule has 0 saturated heterocycles. The summed E-state index contributed by atoms with van der Waals surface area (Å²) >= 11 is 4.44. The van der Waals surface area contributed by atoms with Crippen molar-refractivity contribution in [3.05, 3.63) is 85.2 Å². The quantitative estimate of drug-likeness (QED) is 0.282. The van der Waals surface area contributed by atoms with Crippen LogP contribution in [0.1, 0.15) is 33.9 Å². The first kappa shape index (κ1) is 29.7. The molecule has 0 bridgehead atoms. The fraction of sp³-hybridized carbons (Fsp3) is 0.300. The van der Waals surface area contributed by atoms with Crippen LogP contribution in [0.3, 0.4) is 0 Å². The van der Waals surface area contributed by atoms with Gasteiger partial charge in [0.15, 0.2) is 0 Å². The van der Waals surface area contributed by atoms with Crippen molar-refractivity contribution in [2.24, 2.45) is 0 Å². The molecular weight excluding hydrogens is 580 g/mol. The number of hydrogen-bond donors (Lipinski definition) is 0. The SMILES string of the molecule is Cc1cc(C)n(Cc2ccc(Cn3nc(C)cc3C)cc2)n1.[CH3-].[CH3-].[Cl][Pd+].[Cl][Pd+]. The molecule has 3 rings (SSSR count). The molecule has 8 heteroatoms. The average Bonchev–Trinajstić information content (AvgIpc) is 3.13. The molecule has 162 valence electrons. The molecule has 0 saturated carbocycles. The number of hydrogen-bond acceptors (Lipinski definition) is 2. The second-order valence-corrected chi connectivity index (χ2v) is 5.99. The molecular formula is C20H28Cl2N4Pd2. The normalized spacial score (nSPS) is 9.21. The molecule has 0 N–H and O–H groups in total. The molecule has 2 heterocycles. The van der Waals surface area contributed by atoms with Gasteiger partial charge in [-0.1, -0.05) is 24.3 Å². The standard InChI is InChI=1S/C18H22N4.2CH3.2ClH.2Pd/c1-13-9-15(3)21(19-13)11-17-5-7-18(8-6-17)12-22-16(4)10-14(2)20-22;;;;;;/h5-10H,11-12H2,1-4H3;2*1H3;2*1H;;/q;2*-1;;;2*+2/p-2. The van der Waals surface area contributed by atoms with Crippen molar-refractivity contribution < 1.29 is 36.4 Å². The van der Waals surface area contributed by atoms with Gasteiger partial charge in [0, 0.05) is 11.4 Å². The van der Waals surface area contributed by atoms with E-state index >= 15 is 0 Å². The van der Waals surface area contributed by atoms with E-state index in [0.717, 1.165) is 24.5 Å². The molecule has 0 spiro atoms. The summed E-state index contributed by atoms with van der Waals surface area (Å²) in [5, 5.41) is 9.03. The predicted octanol–water partition coefficient (Wildman–Crippen LogP) is 5.68. The third kappa shape index (κ3) is 8.92. The van der Waals surface area contributed by atoms with Crippen LogP contribution in [0.2, 0.25) is 0 Å². The van der Waals surface area contributed by atoms with Crippen LogP contribution in [0, 0.1) is 42.5 Å². The van der Waals surface area contributed by atoms with Crippen LogP contribution < -0.4 is 0 Å². The molecule has 0 aliphatic carbocycles. The molecule has 4 nitrogen and oxygen atoms in total. The molecule has 0 fully saturated rings. The Balaban J connectivity index is 0. The van der Waals surface area contributed by atoms with Gasteiger partial charge in [0.05, 0.1) is 24.5 Å². The Hall–Kier alpha value is -0.455. The van der Waals surface area contributed by atoms with Crippen LogP contribution >= 0.6 is 19.1 Å². The topological polar surface area (TPSA) is 35.6 Å². The van der Waals surface area contributed by atoms with Crippen molar-refractivity contribution in [2.75, 3.05) is 0 Å². The summed E-state index contributed by atoms with van der Waals surface area (Å²) in [6, 6.07) is 12.9. The van der Waals surface area contributed by atoms with Gasteiger partial charge in [-0.3, -0.25) is 9.36 Å². The van der Waals surface area contributed by atoms with Gasteiger partial charge in [-0.25, -0.2) is 0 Å². The maximum atomic E-state index is 4.51. The Labute approximate surface area is 199 Å². The van der Waals surface area contributed by atoms with Crippen molar-refractivity contribution in [1.82, 2.24) is 19.6 Å². The molecule has 3 aromatic rings. The van der Waals surface area contributed by atoms with Crippen LogP contribution in [0.15, 0.2) is 36.4 Å². The van der Waals surface area contributed by atoms with E-state index in [9.17, 15) is 0 Å². The van der Waals surface area contributed by atoms with Gasteiger partial charge in [0.25, 0.3) is 0 Å². The first-order valence-corrected chi connectivity index (χ1v) is 11.9. The first-order valence-electron chi connectivity index (χ1n) is 7.85. The fourth-order valence-corrected chi connectivity index (χ4v) is 2.77. The van der Waals surface area contributed by atoms with Crippen LogP contribution in [-0.2, 0) is 49.5 Å². The van der Waals surface area contributed by atoms with Gasteiger partial charge in [-0.15, -0.1) is 0 Å².